The highest BCUT2D eigenvalue weighted by Crippen LogP contribution is 2.25. The van der Waals surface area contributed by atoms with Crippen LogP contribution in [-0.4, -0.2) is 30.8 Å². The molecule has 0 saturated carbocycles. The molecule has 1 aliphatic rings. The van der Waals surface area contributed by atoms with Crippen LogP contribution in [0.3, 0.4) is 0 Å². The van der Waals surface area contributed by atoms with Crippen LogP contribution in [0.2, 0.25) is 0 Å². The van der Waals surface area contributed by atoms with E-state index in [1.807, 2.05) is 24.4 Å². The second-order valence-electron chi connectivity index (χ2n) is 6.23. The first-order valence-electron chi connectivity index (χ1n) is 7.95. The molecule has 22 heavy (non-hydrogen) atoms. The fraction of sp³-hybridized carbons (Fsp3) is 0.444. The standard InChI is InChI=1S/C18H24N2OS/c1-18(21,17-8-5-13-22-17)14-19-15-9-11-20(12-10-15)16-6-3-2-4-7-16/h2-8,13,15,19,21H,9-12,14H2,1H3/t18-/m1/s1. The summed E-state index contributed by atoms with van der Waals surface area (Å²) in [6, 6.07) is 15.1. The summed E-state index contributed by atoms with van der Waals surface area (Å²) in [7, 11) is 0. The van der Waals surface area contributed by atoms with Gasteiger partial charge in [-0.3, -0.25) is 0 Å². The predicted molar refractivity (Wildman–Crippen MR) is 93.6 cm³/mol. The number of rotatable bonds is 5. The molecule has 1 atom stereocenters. The summed E-state index contributed by atoms with van der Waals surface area (Å²) in [5.41, 5.74) is 0.539. The van der Waals surface area contributed by atoms with E-state index in [0.717, 1.165) is 30.8 Å². The molecule has 118 valence electrons. The number of thiophene rings is 1. The molecule has 0 radical (unpaired) electrons. The van der Waals surface area contributed by atoms with Crippen LogP contribution in [0.5, 0.6) is 0 Å². The number of nitrogens with one attached hydrogen (secondary N) is 1. The molecule has 0 bridgehead atoms. The Kier molecular flexibility index (Phi) is 4.81. The summed E-state index contributed by atoms with van der Waals surface area (Å²) in [5.74, 6) is 0. The third-order valence-electron chi connectivity index (χ3n) is 4.40. The first-order chi connectivity index (χ1) is 10.6. The Bertz CT molecular complexity index is 560. The third-order valence-corrected chi connectivity index (χ3v) is 5.53. The van der Waals surface area contributed by atoms with Gasteiger partial charge in [0.05, 0.1) is 0 Å². The van der Waals surface area contributed by atoms with Crippen molar-refractivity contribution in [3.05, 3.63) is 52.7 Å². The molecule has 4 heteroatoms. The molecule has 1 aromatic heterocycles. The molecule has 0 unspecified atom stereocenters. The van der Waals surface area contributed by atoms with E-state index < -0.39 is 5.60 Å². The lowest BCUT2D eigenvalue weighted by Crippen LogP contribution is -2.46. The van der Waals surface area contributed by atoms with Crippen LogP contribution in [0.25, 0.3) is 0 Å². The summed E-state index contributed by atoms with van der Waals surface area (Å²) >= 11 is 1.62. The molecular weight excluding hydrogens is 292 g/mol. The molecule has 3 rings (SSSR count). The fourth-order valence-electron chi connectivity index (χ4n) is 3.00. The summed E-state index contributed by atoms with van der Waals surface area (Å²) in [6.45, 7) is 4.65. The molecule has 1 aromatic carbocycles. The first kappa shape index (κ1) is 15.5. The average Bonchev–Trinajstić information content (AvgIpc) is 3.10. The van der Waals surface area contributed by atoms with Crippen molar-refractivity contribution in [3.63, 3.8) is 0 Å². The normalized spacial score (nSPS) is 19.1. The van der Waals surface area contributed by atoms with Gasteiger partial charge in [-0.15, -0.1) is 11.3 Å². The number of para-hydroxylation sites is 1. The van der Waals surface area contributed by atoms with Crippen LogP contribution in [0.1, 0.15) is 24.6 Å². The second-order valence-corrected chi connectivity index (χ2v) is 7.18. The van der Waals surface area contributed by atoms with E-state index in [9.17, 15) is 5.11 Å². The minimum Gasteiger partial charge on any atom is -0.383 e. The highest BCUT2D eigenvalue weighted by molar-refractivity contribution is 7.10. The van der Waals surface area contributed by atoms with Crippen molar-refractivity contribution in [2.45, 2.75) is 31.4 Å². The van der Waals surface area contributed by atoms with Gasteiger partial charge in [0.15, 0.2) is 0 Å². The van der Waals surface area contributed by atoms with Crippen LogP contribution in [0.4, 0.5) is 5.69 Å². The van der Waals surface area contributed by atoms with E-state index in [1.54, 1.807) is 11.3 Å². The molecule has 0 amide bonds. The van der Waals surface area contributed by atoms with Gasteiger partial charge in [-0.05, 0) is 43.3 Å². The number of benzene rings is 1. The lowest BCUT2D eigenvalue weighted by molar-refractivity contribution is 0.0565. The van der Waals surface area contributed by atoms with Crippen LogP contribution < -0.4 is 10.2 Å². The third kappa shape index (κ3) is 3.69. The van der Waals surface area contributed by atoms with Gasteiger partial charge in [0, 0.05) is 36.2 Å². The quantitative estimate of drug-likeness (QED) is 0.889. The van der Waals surface area contributed by atoms with Crippen LogP contribution in [0.15, 0.2) is 47.8 Å². The lowest BCUT2D eigenvalue weighted by Gasteiger charge is -2.35. The van der Waals surface area contributed by atoms with Gasteiger partial charge in [0.1, 0.15) is 5.60 Å². The number of hydrogen-bond acceptors (Lipinski definition) is 4. The molecule has 1 fully saturated rings. The maximum atomic E-state index is 10.6. The zero-order chi connectivity index (χ0) is 15.4. The van der Waals surface area contributed by atoms with Crippen molar-refractivity contribution in [2.24, 2.45) is 0 Å². The summed E-state index contributed by atoms with van der Waals surface area (Å²) < 4.78 is 0. The average molecular weight is 316 g/mol. The summed E-state index contributed by atoms with van der Waals surface area (Å²) in [5, 5.41) is 16.1. The maximum absolute atomic E-state index is 10.6. The van der Waals surface area contributed by atoms with Crippen LogP contribution >= 0.6 is 11.3 Å². The Morgan fingerprint density at radius 2 is 1.91 bits per heavy atom. The number of hydrogen-bond donors (Lipinski definition) is 2. The first-order valence-corrected chi connectivity index (χ1v) is 8.83. The molecule has 2 aromatic rings. The fourth-order valence-corrected chi connectivity index (χ4v) is 3.78. The van der Waals surface area contributed by atoms with E-state index in [4.69, 9.17) is 0 Å². The van der Waals surface area contributed by atoms with Gasteiger partial charge in [-0.1, -0.05) is 24.3 Å². The minimum absolute atomic E-state index is 0.492. The molecule has 0 aliphatic carbocycles. The number of nitrogens with zero attached hydrogens (tertiary/aromatic N) is 1. The van der Waals surface area contributed by atoms with E-state index in [1.165, 1.54) is 5.69 Å². The largest absolute Gasteiger partial charge is 0.383 e. The molecule has 2 heterocycles. The van der Waals surface area contributed by atoms with Crippen molar-refractivity contribution in [3.8, 4) is 0 Å². The Labute approximate surface area is 136 Å². The van der Waals surface area contributed by atoms with Crippen molar-refractivity contribution >= 4 is 17.0 Å². The highest BCUT2D eigenvalue weighted by Gasteiger charge is 2.26. The SMILES string of the molecule is C[C@@](O)(CNC1CCN(c2ccccc2)CC1)c1cccs1. The van der Waals surface area contributed by atoms with E-state index in [0.29, 0.717) is 12.6 Å². The van der Waals surface area contributed by atoms with Crippen LogP contribution in [0, 0.1) is 0 Å². The van der Waals surface area contributed by atoms with Crippen molar-refractivity contribution in [2.75, 3.05) is 24.5 Å². The summed E-state index contributed by atoms with van der Waals surface area (Å²) in [4.78, 5) is 3.47. The van der Waals surface area contributed by atoms with Crippen molar-refractivity contribution in [1.82, 2.24) is 5.32 Å². The zero-order valence-electron chi connectivity index (χ0n) is 13.0. The van der Waals surface area contributed by atoms with Gasteiger partial charge in [0.2, 0.25) is 0 Å². The summed E-state index contributed by atoms with van der Waals surface area (Å²) in [6.07, 6.45) is 2.24. The molecule has 0 spiro atoms. The molecular formula is C18H24N2OS. The monoisotopic (exact) mass is 316 g/mol. The van der Waals surface area contributed by atoms with Crippen LogP contribution in [-0.2, 0) is 5.60 Å². The number of anilines is 1. The molecule has 3 nitrogen and oxygen atoms in total. The van der Waals surface area contributed by atoms with Gasteiger partial charge < -0.3 is 15.3 Å². The molecule has 1 aliphatic heterocycles. The Morgan fingerprint density at radius 3 is 2.55 bits per heavy atom. The second kappa shape index (κ2) is 6.82. The van der Waals surface area contributed by atoms with E-state index in [-0.39, 0.29) is 0 Å². The van der Waals surface area contributed by atoms with Crippen molar-refractivity contribution < 1.29 is 5.11 Å². The van der Waals surface area contributed by atoms with E-state index >= 15 is 0 Å². The predicted octanol–water partition coefficient (Wildman–Crippen LogP) is 3.21. The van der Waals surface area contributed by atoms with Gasteiger partial charge in [0.25, 0.3) is 0 Å². The molecule has 1 saturated heterocycles. The van der Waals surface area contributed by atoms with E-state index in [2.05, 4.69) is 40.5 Å². The highest BCUT2D eigenvalue weighted by atomic mass is 32.1. The van der Waals surface area contributed by atoms with Crippen molar-refractivity contribution in [1.29, 1.82) is 0 Å². The Balaban J connectivity index is 1.48. The molecule has 2 N–H and O–H groups in total. The topological polar surface area (TPSA) is 35.5 Å². The lowest BCUT2D eigenvalue weighted by atomic mass is 10.0. The number of piperidine rings is 1. The Morgan fingerprint density at radius 1 is 1.18 bits per heavy atom. The van der Waals surface area contributed by atoms with Gasteiger partial charge >= 0.3 is 0 Å². The maximum Gasteiger partial charge on any atom is 0.108 e. The minimum atomic E-state index is -0.773. The van der Waals surface area contributed by atoms with Gasteiger partial charge in [-0.25, -0.2) is 0 Å². The smallest absolute Gasteiger partial charge is 0.108 e. The van der Waals surface area contributed by atoms with Gasteiger partial charge in [-0.2, -0.15) is 0 Å². The Hall–Kier alpha value is -1.36. The number of aliphatic hydroxyl groups is 1. The zero-order valence-corrected chi connectivity index (χ0v) is 13.9.